The SMILES string of the molecule is CC(C)c1ccccc1NC(=O)c1cccc(OCc2ccccc2Cl)c1. The van der Waals surface area contributed by atoms with Crippen LogP contribution in [0.5, 0.6) is 5.75 Å². The largest absolute Gasteiger partial charge is 0.489 e. The number of hydrogen-bond donors (Lipinski definition) is 1. The Balaban J connectivity index is 1.72. The van der Waals surface area contributed by atoms with Crippen LogP contribution in [0.2, 0.25) is 5.02 Å². The number of carbonyl (C=O) groups excluding carboxylic acids is 1. The molecule has 0 saturated heterocycles. The Hall–Kier alpha value is -2.78. The van der Waals surface area contributed by atoms with Crippen molar-refractivity contribution in [1.82, 2.24) is 0 Å². The second kappa shape index (κ2) is 8.74. The van der Waals surface area contributed by atoms with Crippen molar-refractivity contribution in [2.75, 3.05) is 5.32 Å². The number of nitrogens with one attached hydrogen (secondary N) is 1. The van der Waals surface area contributed by atoms with E-state index in [1.807, 2.05) is 60.7 Å². The van der Waals surface area contributed by atoms with Gasteiger partial charge in [0.25, 0.3) is 5.91 Å². The van der Waals surface area contributed by atoms with Crippen LogP contribution in [-0.2, 0) is 6.61 Å². The first-order valence-corrected chi connectivity index (χ1v) is 9.29. The van der Waals surface area contributed by atoms with Gasteiger partial charge in [0.1, 0.15) is 12.4 Å². The molecule has 0 aromatic heterocycles. The molecule has 0 aliphatic carbocycles. The summed E-state index contributed by atoms with van der Waals surface area (Å²) in [6.45, 7) is 4.56. The average Bonchev–Trinajstić information content (AvgIpc) is 2.68. The molecule has 0 aliphatic rings. The number of halogens is 1. The highest BCUT2D eigenvalue weighted by molar-refractivity contribution is 6.31. The summed E-state index contributed by atoms with van der Waals surface area (Å²) in [5.74, 6) is 0.790. The van der Waals surface area contributed by atoms with Crippen molar-refractivity contribution in [3.63, 3.8) is 0 Å². The van der Waals surface area contributed by atoms with Crippen molar-refractivity contribution in [3.8, 4) is 5.75 Å². The summed E-state index contributed by atoms with van der Waals surface area (Å²) in [6, 6.07) is 22.6. The molecule has 3 aromatic carbocycles. The number of rotatable bonds is 6. The van der Waals surface area contributed by atoms with E-state index in [-0.39, 0.29) is 5.91 Å². The molecule has 0 spiro atoms. The third kappa shape index (κ3) is 4.89. The molecule has 138 valence electrons. The maximum Gasteiger partial charge on any atom is 0.255 e. The van der Waals surface area contributed by atoms with Gasteiger partial charge in [0, 0.05) is 21.8 Å². The second-order valence-electron chi connectivity index (χ2n) is 6.60. The van der Waals surface area contributed by atoms with Gasteiger partial charge in [0.05, 0.1) is 0 Å². The van der Waals surface area contributed by atoms with Crippen molar-refractivity contribution in [3.05, 3.63) is 94.5 Å². The minimum atomic E-state index is -0.161. The van der Waals surface area contributed by atoms with Crippen molar-refractivity contribution >= 4 is 23.2 Å². The Bertz CT molecular complexity index is 937. The van der Waals surface area contributed by atoms with Gasteiger partial charge in [-0.2, -0.15) is 0 Å². The van der Waals surface area contributed by atoms with Gasteiger partial charge >= 0.3 is 0 Å². The molecule has 0 bridgehead atoms. The summed E-state index contributed by atoms with van der Waals surface area (Å²) in [7, 11) is 0. The second-order valence-corrected chi connectivity index (χ2v) is 7.01. The molecular formula is C23H22ClNO2. The molecule has 0 heterocycles. The Labute approximate surface area is 164 Å². The van der Waals surface area contributed by atoms with Crippen molar-refractivity contribution in [2.45, 2.75) is 26.4 Å². The molecule has 3 aromatic rings. The zero-order chi connectivity index (χ0) is 19.2. The van der Waals surface area contributed by atoms with Gasteiger partial charge in [-0.1, -0.05) is 67.9 Å². The molecule has 1 amide bonds. The van der Waals surface area contributed by atoms with Crippen molar-refractivity contribution in [1.29, 1.82) is 0 Å². The minimum Gasteiger partial charge on any atom is -0.489 e. The summed E-state index contributed by atoms with van der Waals surface area (Å²) in [5.41, 5.74) is 3.39. The fourth-order valence-electron chi connectivity index (χ4n) is 2.81. The topological polar surface area (TPSA) is 38.3 Å². The van der Waals surface area contributed by atoms with Crippen LogP contribution in [0.1, 0.15) is 41.3 Å². The van der Waals surface area contributed by atoms with E-state index in [2.05, 4.69) is 19.2 Å². The maximum atomic E-state index is 12.7. The minimum absolute atomic E-state index is 0.161. The number of hydrogen-bond acceptors (Lipinski definition) is 2. The van der Waals surface area contributed by atoms with E-state index < -0.39 is 0 Å². The van der Waals surface area contributed by atoms with Crippen LogP contribution >= 0.6 is 11.6 Å². The van der Waals surface area contributed by atoms with E-state index in [9.17, 15) is 4.79 Å². The molecule has 3 rings (SSSR count). The molecular weight excluding hydrogens is 358 g/mol. The van der Waals surface area contributed by atoms with Crippen LogP contribution in [0, 0.1) is 0 Å². The summed E-state index contributed by atoms with van der Waals surface area (Å²) in [4.78, 5) is 12.7. The maximum absolute atomic E-state index is 12.7. The Morgan fingerprint density at radius 3 is 2.52 bits per heavy atom. The number of anilines is 1. The predicted molar refractivity (Wildman–Crippen MR) is 111 cm³/mol. The third-order valence-electron chi connectivity index (χ3n) is 4.28. The molecule has 0 fully saturated rings. The first-order chi connectivity index (χ1) is 13.0. The number of carbonyl (C=O) groups is 1. The fourth-order valence-corrected chi connectivity index (χ4v) is 3.00. The Morgan fingerprint density at radius 1 is 1.00 bits per heavy atom. The third-order valence-corrected chi connectivity index (χ3v) is 4.65. The Morgan fingerprint density at radius 2 is 1.74 bits per heavy atom. The van der Waals surface area contributed by atoms with E-state index in [0.717, 1.165) is 16.8 Å². The molecule has 0 aliphatic heterocycles. The van der Waals surface area contributed by atoms with Gasteiger partial charge in [0.15, 0.2) is 0 Å². The summed E-state index contributed by atoms with van der Waals surface area (Å²) >= 11 is 6.16. The quantitative estimate of drug-likeness (QED) is 0.546. The number of benzene rings is 3. The normalized spacial score (nSPS) is 10.7. The van der Waals surface area contributed by atoms with E-state index in [0.29, 0.717) is 28.9 Å². The molecule has 27 heavy (non-hydrogen) atoms. The van der Waals surface area contributed by atoms with Crippen molar-refractivity contribution < 1.29 is 9.53 Å². The molecule has 0 saturated carbocycles. The first-order valence-electron chi connectivity index (χ1n) is 8.91. The highest BCUT2D eigenvalue weighted by Crippen LogP contribution is 2.25. The molecule has 0 radical (unpaired) electrons. The lowest BCUT2D eigenvalue weighted by Gasteiger charge is -2.14. The lowest BCUT2D eigenvalue weighted by molar-refractivity contribution is 0.102. The van der Waals surface area contributed by atoms with Gasteiger partial charge in [-0.15, -0.1) is 0 Å². The van der Waals surface area contributed by atoms with Gasteiger partial charge in [0.2, 0.25) is 0 Å². The molecule has 1 N–H and O–H groups in total. The van der Waals surface area contributed by atoms with Gasteiger partial charge in [-0.05, 0) is 41.8 Å². The summed E-state index contributed by atoms with van der Waals surface area (Å²) in [5, 5.41) is 3.67. The van der Waals surface area contributed by atoms with Crippen LogP contribution in [0.4, 0.5) is 5.69 Å². The van der Waals surface area contributed by atoms with Crippen molar-refractivity contribution in [2.24, 2.45) is 0 Å². The first kappa shape index (κ1) is 19.0. The molecule has 0 unspecified atom stereocenters. The van der Waals surface area contributed by atoms with E-state index in [1.165, 1.54) is 0 Å². The van der Waals surface area contributed by atoms with Crippen LogP contribution in [0.15, 0.2) is 72.8 Å². The highest BCUT2D eigenvalue weighted by Gasteiger charge is 2.12. The smallest absolute Gasteiger partial charge is 0.255 e. The van der Waals surface area contributed by atoms with Crippen LogP contribution in [0.25, 0.3) is 0 Å². The van der Waals surface area contributed by atoms with Gasteiger partial charge in [-0.3, -0.25) is 4.79 Å². The number of para-hydroxylation sites is 1. The predicted octanol–water partition coefficient (Wildman–Crippen LogP) is 6.29. The lowest BCUT2D eigenvalue weighted by atomic mass is 10.0. The lowest BCUT2D eigenvalue weighted by Crippen LogP contribution is -2.13. The average molecular weight is 380 g/mol. The Kier molecular flexibility index (Phi) is 6.15. The number of amides is 1. The monoisotopic (exact) mass is 379 g/mol. The number of ether oxygens (including phenoxy) is 1. The van der Waals surface area contributed by atoms with E-state index in [4.69, 9.17) is 16.3 Å². The fraction of sp³-hybridized carbons (Fsp3) is 0.174. The summed E-state index contributed by atoms with van der Waals surface area (Å²) in [6.07, 6.45) is 0. The van der Waals surface area contributed by atoms with Crippen LogP contribution in [-0.4, -0.2) is 5.91 Å². The molecule has 4 heteroatoms. The molecule has 0 atom stereocenters. The van der Waals surface area contributed by atoms with Crippen LogP contribution in [0.3, 0.4) is 0 Å². The van der Waals surface area contributed by atoms with Gasteiger partial charge < -0.3 is 10.1 Å². The van der Waals surface area contributed by atoms with E-state index in [1.54, 1.807) is 12.1 Å². The molecule has 3 nitrogen and oxygen atoms in total. The summed E-state index contributed by atoms with van der Waals surface area (Å²) < 4.78 is 5.81. The highest BCUT2D eigenvalue weighted by atomic mass is 35.5. The van der Waals surface area contributed by atoms with Gasteiger partial charge in [-0.25, -0.2) is 0 Å². The van der Waals surface area contributed by atoms with Crippen LogP contribution < -0.4 is 10.1 Å². The standard InChI is InChI=1S/C23H22ClNO2/c1-16(2)20-11-4-6-13-22(20)25-23(26)17-9-7-10-19(14-17)27-15-18-8-3-5-12-21(18)24/h3-14,16H,15H2,1-2H3,(H,25,26). The zero-order valence-electron chi connectivity index (χ0n) is 15.4. The zero-order valence-corrected chi connectivity index (χ0v) is 16.2. The van der Waals surface area contributed by atoms with E-state index >= 15 is 0 Å².